The number of nitrogens with zero attached hydrogens (tertiary/aromatic N) is 1. The van der Waals surface area contributed by atoms with Crippen molar-refractivity contribution in [1.82, 2.24) is 0 Å². The van der Waals surface area contributed by atoms with E-state index in [0.29, 0.717) is 38.5 Å². The number of esters is 1. The van der Waals surface area contributed by atoms with E-state index < -0.39 is 17.5 Å². The number of nitriles is 1. The van der Waals surface area contributed by atoms with Crippen molar-refractivity contribution in [1.29, 1.82) is 5.26 Å². The van der Waals surface area contributed by atoms with Gasteiger partial charge in [0.1, 0.15) is 12.2 Å². The predicted octanol–water partition coefficient (Wildman–Crippen LogP) is 5.72. The fourth-order valence-electron chi connectivity index (χ4n) is 4.31. The van der Waals surface area contributed by atoms with E-state index in [4.69, 9.17) is 10.00 Å². The Balaban J connectivity index is 1.44. The molecule has 150 valence electrons. The molecule has 0 radical (unpaired) electrons. The van der Waals surface area contributed by atoms with Crippen LogP contribution in [0.5, 0.6) is 0 Å². The van der Waals surface area contributed by atoms with E-state index in [1.807, 2.05) is 0 Å². The van der Waals surface area contributed by atoms with E-state index in [0.717, 1.165) is 24.5 Å². The van der Waals surface area contributed by atoms with E-state index in [1.165, 1.54) is 18.2 Å². The molecular formula is C22H24F3NO2. The molecular weight excluding hydrogens is 367 g/mol. The van der Waals surface area contributed by atoms with Gasteiger partial charge in [0.2, 0.25) is 0 Å². The number of allylic oxidation sites excluding steroid dienone is 2. The smallest absolute Gasteiger partial charge is 0.309 e. The molecule has 1 aromatic carbocycles. The molecule has 0 heterocycles. The van der Waals surface area contributed by atoms with Crippen molar-refractivity contribution in [3.05, 3.63) is 47.3 Å². The molecule has 2 aliphatic carbocycles. The molecule has 0 aliphatic heterocycles. The van der Waals surface area contributed by atoms with Crippen molar-refractivity contribution in [3.63, 3.8) is 0 Å². The highest BCUT2D eigenvalue weighted by Gasteiger charge is 2.31. The number of hydrogen-bond acceptors (Lipinski definition) is 3. The van der Waals surface area contributed by atoms with Crippen LogP contribution in [0.15, 0.2) is 30.1 Å². The quantitative estimate of drug-likeness (QED) is 0.487. The van der Waals surface area contributed by atoms with Crippen molar-refractivity contribution >= 4 is 5.97 Å². The highest BCUT2D eigenvalue weighted by atomic mass is 19.2. The first kappa shape index (κ1) is 20.4. The van der Waals surface area contributed by atoms with Crippen LogP contribution in [0.2, 0.25) is 0 Å². The van der Waals surface area contributed by atoms with E-state index in [2.05, 4.69) is 0 Å². The molecule has 0 saturated heterocycles. The third kappa shape index (κ3) is 5.15. The van der Waals surface area contributed by atoms with Crippen molar-refractivity contribution in [2.24, 2.45) is 11.8 Å². The molecule has 2 aliphatic rings. The first-order chi connectivity index (χ1) is 13.5. The maximum atomic E-state index is 13.4. The van der Waals surface area contributed by atoms with Gasteiger partial charge in [0, 0.05) is 0 Å². The van der Waals surface area contributed by atoms with Crippen molar-refractivity contribution in [2.75, 3.05) is 0 Å². The Labute approximate surface area is 163 Å². The summed E-state index contributed by atoms with van der Waals surface area (Å²) in [6, 6.07) is 5.52. The van der Waals surface area contributed by atoms with Gasteiger partial charge < -0.3 is 4.74 Å². The molecule has 6 heteroatoms. The zero-order chi connectivity index (χ0) is 20.1. The van der Waals surface area contributed by atoms with Crippen LogP contribution >= 0.6 is 0 Å². The average Bonchev–Trinajstić information content (AvgIpc) is 2.71. The fourth-order valence-corrected chi connectivity index (χ4v) is 4.31. The van der Waals surface area contributed by atoms with Crippen LogP contribution in [-0.4, -0.2) is 12.1 Å². The van der Waals surface area contributed by atoms with Crippen LogP contribution in [0, 0.1) is 34.8 Å². The summed E-state index contributed by atoms with van der Waals surface area (Å²) in [5.74, 6) is -2.63. The molecule has 3 nitrogen and oxygen atoms in total. The summed E-state index contributed by atoms with van der Waals surface area (Å²) in [5.41, 5.74) is 0.791. The standard InChI is InChI=1S/C22H24F3NO2/c23-18(13-26)11-14-1-3-16(4-2-14)22(27)28-19-8-5-15(6-9-19)17-7-10-20(24)21(25)12-17/h7,10-12,14-16,19H,1-6,8-9H2/t14-,15-,16-,19-. The maximum Gasteiger partial charge on any atom is 0.309 e. The third-order valence-electron chi connectivity index (χ3n) is 5.97. The minimum Gasteiger partial charge on any atom is -0.462 e. The average molecular weight is 391 g/mol. The lowest BCUT2D eigenvalue weighted by Crippen LogP contribution is -2.29. The Kier molecular flexibility index (Phi) is 6.77. The Bertz CT molecular complexity index is 770. The number of carbonyl (C=O) groups is 1. The van der Waals surface area contributed by atoms with Gasteiger partial charge in [0.15, 0.2) is 17.5 Å². The first-order valence-corrected chi connectivity index (χ1v) is 9.89. The van der Waals surface area contributed by atoms with Crippen LogP contribution in [0.1, 0.15) is 62.8 Å². The van der Waals surface area contributed by atoms with Gasteiger partial charge in [0.05, 0.1) is 5.92 Å². The van der Waals surface area contributed by atoms with Gasteiger partial charge in [-0.15, -0.1) is 0 Å². The van der Waals surface area contributed by atoms with Gasteiger partial charge in [-0.25, -0.2) is 8.78 Å². The normalized spacial score (nSPS) is 28.4. The molecule has 2 saturated carbocycles. The summed E-state index contributed by atoms with van der Waals surface area (Å²) in [6.45, 7) is 0. The zero-order valence-electron chi connectivity index (χ0n) is 15.7. The molecule has 1 aromatic rings. The first-order valence-electron chi connectivity index (χ1n) is 9.89. The monoisotopic (exact) mass is 391 g/mol. The van der Waals surface area contributed by atoms with Crippen LogP contribution < -0.4 is 0 Å². The Hall–Kier alpha value is -2.29. The topological polar surface area (TPSA) is 50.1 Å². The Morgan fingerprint density at radius 2 is 1.71 bits per heavy atom. The molecule has 0 bridgehead atoms. The van der Waals surface area contributed by atoms with Crippen LogP contribution in [-0.2, 0) is 9.53 Å². The number of rotatable bonds is 4. The van der Waals surface area contributed by atoms with E-state index in [-0.39, 0.29) is 29.8 Å². The van der Waals surface area contributed by atoms with Crippen molar-refractivity contribution in [2.45, 2.75) is 63.4 Å². The lowest BCUT2D eigenvalue weighted by atomic mass is 9.81. The van der Waals surface area contributed by atoms with Gasteiger partial charge in [0.25, 0.3) is 0 Å². The summed E-state index contributed by atoms with van der Waals surface area (Å²) >= 11 is 0. The van der Waals surface area contributed by atoms with Crippen LogP contribution in [0.25, 0.3) is 0 Å². The molecule has 0 aromatic heterocycles. The number of halogens is 3. The number of hydrogen-bond donors (Lipinski definition) is 0. The molecule has 28 heavy (non-hydrogen) atoms. The zero-order valence-corrected chi connectivity index (χ0v) is 15.7. The lowest BCUT2D eigenvalue weighted by molar-refractivity contribution is -0.157. The Morgan fingerprint density at radius 3 is 2.32 bits per heavy atom. The summed E-state index contributed by atoms with van der Waals surface area (Å²) in [7, 11) is 0. The highest BCUT2D eigenvalue weighted by Crippen LogP contribution is 2.36. The van der Waals surface area contributed by atoms with Crippen molar-refractivity contribution in [3.8, 4) is 6.07 Å². The second-order valence-corrected chi connectivity index (χ2v) is 7.82. The maximum absolute atomic E-state index is 13.4. The summed E-state index contributed by atoms with van der Waals surface area (Å²) < 4.78 is 45.2. The van der Waals surface area contributed by atoms with E-state index in [9.17, 15) is 18.0 Å². The minimum absolute atomic E-state index is 0.00948. The lowest BCUT2D eigenvalue weighted by Gasteiger charge is -2.31. The van der Waals surface area contributed by atoms with Gasteiger partial charge in [-0.3, -0.25) is 4.79 Å². The molecule has 0 spiro atoms. The molecule has 0 atom stereocenters. The van der Waals surface area contributed by atoms with Gasteiger partial charge in [-0.2, -0.15) is 9.65 Å². The second-order valence-electron chi connectivity index (χ2n) is 7.82. The Morgan fingerprint density at radius 1 is 1.04 bits per heavy atom. The van der Waals surface area contributed by atoms with E-state index >= 15 is 0 Å². The van der Waals surface area contributed by atoms with E-state index in [1.54, 1.807) is 6.07 Å². The number of ether oxygens (including phenoxy) is 1. The molecule has 2 fully saturated rings. The largest absolute Gasteiger partial charge is 0.462 e. The van der Waals surface area contributed by atoms with Crippen LogP contribution in [0.3, 0.4) is 0 Å². The molecule has 0 N–H and O–H groups in total. The van der Waals surface area contributed by atoms with Crippen molar-refractivity contribution < 1.29 is 22.7 Å². The SMILES string of the molecule is N#CC(F)=C[C@H]1CC[C@H](C(=O)O[C@H]2CC[C@H](c3ccc(F)c(F)c3)CC2)CC1. The highest BCUT2D eigenvalue weighted by molar-refractivity contribution is 5.72. The van der Waals surface area contributed by atoms with Crippen LogP contribution in [0.4, 0.5) is 13.2 Å². The third-order valence-corrected chi connectivity index (χ3v) is 5.97. The van der Waals surface area contributed by atoms with Gasteiger partial charge in [-0.1, -0.05) is 6.07 Å². The predicted molar refractivity (Wildman–Crippen MR) is 97.7 cm³/mol. The number of carbonyl (C=O) groups excluding carboxylic acids is 1. The van der Waals surface area contributed by atoms with Gasteiger partial charge >= 0.3 is 5.97 Å². The molecule has 0 amide bonds. The number of benzene rings is 1. The second kappa shape index (κ2) is 9.27. The fraction of sp³-hybridized carbons (Fsp3) is 0.545. The molecule has 0 unspecified atom stereocenters. The molecule has 3 rings (SSSR count). The summed E-state index contributed by atoms with van der Waals surface area (Å²) in [4.78, 5) is 12.4. The minimum atomic E-state index is -0.841. The van der Waals surface area contributed by atoms with Gasteiger partial charge in [-0.05, 0) is 87.0 Å². The summed E-state index contributed by atoms with van der Waals surface area (Å²) in [5, 5.41) is 8.50. The summed E-state index contributed by atoms with van der Waals surface area (Å²) in [6.07, 6.45) is 6.81.